The van der Waals surface area contributed by atoms with Crippen LogP contribution in [0.5, 0.6) is 0 Å². The minimum Gasteiger partial charge on any atom is -0.465 e. The Bertz CT molecular complexity index is 1900. The molecule has 18 unspecified atom stereocenters. The van der Waals surface area contributed by atoms with Crippen molar-refractivity contribution in [2.24, 2.45) is 59.2 Å². The third kappa shape index (κ3) is 15.0. The maximum absolute atomic E-state index is 12.6. The van der Waals surface area contributed by atoms with E-state index in [4.69, 9.17) is 47.4 Å². The van der Waals surface area contributed by atoms with Gasteiger partial charge in [0.05, 0.1) is 111 Å². The van der Waals surface area contributed by atoms with Crippen LogP contribution < -0.4 is 0 Å². The molecule has 15 aliphatic rings. The van der Waals surface area contributed by atoms with Crippen molar-refractivity contribution < 1.29 is 66.5 Å². The van der Waals surface area contributed by atoms with Gasteiger partial charge in [0.1, 0.15) is 11.6 Å². The highest BCUT2D eigenvalue weighted by atomic mass is 16.6. The molecule has 0 aromatic rings. The summed E-state index contributed by atoms with van der Waals surface area (Å²) in [6.07, 6.45) is 40.8. The van der Waals surface area contributed by atoms with Gasteiger partial charge >= 0.3 is 11.9 Å². The van der Waals surface area contributed by atoms with E-state index < -0.39 is 0 Å². The standard InChI is InChI=1S/C22H32O6.C22H32O4.C20H32O4/c23-21(15-5-7-17-19(9-15)27-17)25-11-13-1-2-14(4-3-13)12-26-22(24)16-6-8-18-20(10-16)28-18;23-17(15-5-7-19-21(11-15)25-19)9-13-1-2-14(4-3-13)10-18(24)16-6-8-20-22(12-16)26-20;1-2-14(12-22-16-6-8-18-20(10-16)24-18)4-3-13(1)11-21-15-5-7-17-19(9-15)23-17/h13-20H,1-12H2;13-16,19-22H,1-12H2;13-20H,1-12H2. The lowest BCUT2D eigenvalue weighted by Crippen LogP contribution is -2.29. The Morgan fingerprint density at radius 1 is 0.269 bits per heavy atom. The van der Waals surface area contributed by atoms with Gasteiger partial charge in [-0.3, -0.25) is 19.2 Å². The molecule has 6 saturated heterocycles. The van der Waals surface area contributed by atoms with Crippen LogP contribution in [0.2, 0.25) is 0 Å². The van der Waals surface area contributed by atoms with Crippen LogP contribution in [0.4, 0.5) is 0 Å². The van der Waals surface area contributed by atoms with Gasteiger partial charge in [-0.25, -0.2) is 0 Å². The smallest absolute Gasteiger partial charge is 0.309 e. The van der Waals surface area contributed by atoms with Gasteiger partial charge in [0.15, 0.2) is 0 Å². The molecule has 0 aromatic heterocycles. The van der Waals surface area contributed by atoms with Crippen molar-refractivity contribution in [1.82, 2.24) is 0 Å². The zero-order valence-corrected chi connectivity index (χ0v) is 47.0. The van der Waals surface area contributed by atoms with Crippen molar-refractivity contribution in [3.05, 3.63) is 0 Å². The normalized spacial score (nSPS) is 46.8. The molecule has 78 heavy (non-hydrogen) atoms. The largest absolute Gasteiger partial charge is 0.465 e. The second kappa shape index (κ2) is 25.0. The zero-order chi connectivity index (χ0) is 52.7. The Balaban J connectivity index is 0.000000112. The highest BCUT2D eigenvalue weighted by molar-refractivity contribution is 5.82. The number of ketones is 2. The van der Waals surface area contributed by atoms with Gasteiger partial charge in [0.2, 0.25) is 0 Å². The Morgan fingerprint density at radius 2 is 0.538 bits per heavy atom. The van der Waals surface area contributed by atoms with Crippen LogP contribution >= 0.6 is 0 Å². The number of epoxide rings is 6. The fourth-order valence-electron chi connectivity index (χ4n) is 16.5. The molecule has 15 rings (SSSR count). The summed E-state index contributed by atoms with van der Waals surface area (Å²) in [5.41, 5.74) is 0. The van der Waals surface area contributed by atoms with Gasteiger partial charge in [0.25, 0.3) is 0 Å². The number of fused-ring (bicyclic) bond motifs is 6. The predicted octanol–water partition coefficient (Wildman–Crippen LogP) is 10.3. The summed E-state index contributed by atoms with van der Waals surface area (Å²) in [6, 6.07) is 0. The summed E-state index contributed by atoms with van der Waals surface area (Å²) in [4.78, 5) is 49.8. The van der Waals surface area contributed by atoms with Crippen molar-refractivity contribution in [1.29, 1.82) is 0 Å². The molecule has 6 heterocycles. The quantitative estimate of drug-likeness (QED) is 0.0934. The van der Waals surface area contributed by atoms with E-state index in [1.165, 1.54) is 51.4 Å². The van der Waals surface area contributed by atoms with Crippen LogP contribution in [0.1, 0.15) is 205 Å². The van der Waals surface area contributed by atoms with Crippen LogP contribution in [-0.2, 0) is 66.5 Å². The zero-order valence-electron chi connectivity index (χ0n) is 47.0. The molecule has 0 spiro atoms. The van der Waals surface area contributed by atoms with Crippen LogP contribution in [0, 0.1) is 59.2 Å². The van der Waals surface area contributed by atoms with E-state index in [2.05, 4.69) is 0 Å². The average molecular weight is 1090 g/mol. The Hall–Kier alpha value is -2.04. The second-order valence-electron chi connectivity index (χ2n) is 28.1. The van der Waals surface area contributed by atoms with Gasteiger partial charge in [-0.05, 0) is 215 Å². The fourth-order valence-corrected chi connectivity index (χ4v) is 16.5. The first-order chi connectivity index (χ1) is 38.1. The summed E-state index contributed by atoms with van der Waals surface area (Å²) in [5.74, 6) is 5.08. The van der Waals surface area contributed by atoms with E-state index >= 15 is 0 Å². The van der Waals surface area contributed by atoms with Crippen molar-refractivity contribution in [3.63, 3.8) is 0 Å². The highest BCUT2D eigenvalue weighted by Gasteiger charge is 2.50. The summed E-state index contributed by atoms with van der Waals surface area (Å²) < 4.78 is 57.0. The Morgan fingerprint density at radius 3 is 0.859 bits per heavy atom. The lowest BCUT2D eigenvalue weighted by atomic mass is 9.74. The number of hydrogen-bond donors (Lipinski definition) is 0. The second-order valence-corrected chi connectivity index (χ2v) is 28.1. The molecule has 9 saturated carbocycles. The van der Waals surface area contributed by atoms with Crippen LogP contribution in [0.25, 0.3) is 0 Å². The minimum atomic E-state index is -0.0284. The highest BCUT2D eigenvalue weighted by Crippen LogP contribution is 2.46. The van der Waals surface area contributed by atoms with Gasteiger partial charge in [-0.15, -0.1) is 0 Å². The molecule has 18 atom stereocenters. The number of ether oxygens (including phenoxy) is 10. The Kier molecular flexibility index (Phi) is 17.7. The third-order valence-corrected chi connectivity index (χ3v) is 22.4. The molecule has 0 N–H and O–H groups in total. The fraction of sp³-hybridized carbons (Fsp3) is 0.938. The first kappa shape index (κ1) is 55.2. The van der Waals surface area contributed by atoms with E-state index in [9.17, 15) is 19.2 Å². The summed E-state index contributed by atoms with van der Waals surface area (Å²) in [6.45, 7) is 3.03. The lowest BCUT2D eigenvalue weighted by molar-refractivity contribution is -0.153. The number of esters is 2. The number of rotatable bonds is 18. The summed E-state index contributed by atoms with van der Waals surface area (Å²) in [7, 11) is 0. The van der Waals surface area contributed by atoms with E-state index in [0.29, 0.717) is 134 Å². The maximum Gasteiger partial charge on any atom is 0.309 e. The van der Waals surface area contributed by atoms with E-state index in [0.717, 1.165) is 179 Å². The molecule has 14 heteroatoms. The topological polar surface area (TPSA) is 180 Å². The molecule has 9 aliphatic carbocycles. The number of carbonyl (C=O) groups excluding carboxylic acids is 4. The molecule has 6 aliphatic heterocycles. The molecule has 0 radical (unpaired) electrons. The van der Waals surface area contributed by atoms with Crippen LogP contribution in [0.3, 0.4) is 0 Å². The van der Waals surface area contributed by atoms with Gasteiger partial charge in [-0.2, -0.15) is 0 Å². The predicted molar refractivity (Wildman–Crippen MR) is 286 cm³/mol. The number of Topliss-reactive ketones (excluding diaryl/α,β-unsaturated/α-hetero) is 2. The van der Waals surface area contributed by atoms with E-state index in [1.54, 1.807) is 0 Å². The first-order valence-electron chi connectivity index (χ1n) is 32.7. The molecule has 0 amide bonds. The van der Waals surface area contributed by atoms with Crippen molar-refractivity contribution >= 4 is 23.5 Å². The van der Waals surface area contributed by atoms with E-state index in [-0.39, 0.29) is 35.6 Å². The van der Waals surface area contributed by atoms with Gasteiger partial charge in [0, 0.05) is 50.7 Å². The summed E-state index contributed by atoms with van der Waals surface area (Å²) in [5, 5.41) is 0. The SMILES string of the molecule is C1CC(COC2CCC3OC3C2)CCC1COC1CCC2OC2C1.O=C(CC1CCC(CC(=O)C2CCC3OC3C2)CC1)C1CCC2OC2C1.O=C(OCC1CCC(COC(=O)C2CCC3OC3C2)CC1)C1CCC2OC2C1. The molecule has 15 fully saturated rings. The first-order valence-corrected chi connectivity index (χ1v) is 32.7. The lowest BCUT2D eigenvalue weighted by Gasteiger charge is -2.31. The van der Waals surface area contributed by atoms with Crippen LogP contribution in [0.15, 0.2) is 0 Å². The molecule has 0 bridgehead atoms. The van der Waals surface area contributed by atoms with Gasteiger partial charge in [-0.1, -0.05) is 0 Å². The Labute approximate surface area is 464 Å². The minimum absolute atomic E-state index is 0.0284. The summed E-state index contributed by atoms with van der Waals surface area (Å²) >= 11 is 0. The third-order valence-electron chi connectivity index (χ3n) is 22.4. The molecule has 14 nitrogen and oxygen atoms in total. The van der Waals surface area contributed by atoms with Crippen molar-refractivity contribution in [3.8, 4) is 0 Å². The van der Waals surface area contributed by atoms with Crippen LogP contribution in [-0.4, -0.2) is 135 Å². The van der Waals surface area contributed by atoms with E-state index in [1.807, 2.05) is 0 Å². The number of hydrogen-bond acceptors (Lipinski definition) is 14. The average Bonchev–Trinajstić information content (AvgIpc) is 4.26. The van der Waals surface area contributed by atoms with Gasteiger partial charge < -0.3 is 47.4 Å². The molecule has 436 valence electrons. The molecular formula is C64H96O14. The van der Waals surface area contributed by atoms with Crippen molar-refractivity contribution in [2.75, 3.05) is 26.4 Å². The number of carbonyl (C=O) groups is 4. The van der Waals surface area contributed by atoms with Crippen molar-refractivity contribution in [2.45, 2.75) is 291 Å². The monoisotopic (exact) mass is 1090 g/mol. The maximum atomic E-state index is 12.6. The molecule has 0 aromatic carbocycles. The molecular weight excluding hydrogens is 993 g/mol.